The number of aryl methyl sites for hydroxylation is 1. The Hall–Kier alpha value is -3.01. The van der Waals surface area contributed by atoms with Crippen molar-refractivity contribution in [2.45, 2.75) is 32.9 Å². The molecule has 1 aliphatic heterocycles. The predicted molar refractivity (Wildman–Crippen MR) is 105 cm³/mol. The Bertz CT molecular complexity index is 944. The molecule has 1 aromatic heterocycles. The van der Waals surface area contributed by atoms with Gasteiger partial charge in [0.15, 0.2) is 0 Å². The maximum atomic E-state index is 13.1. The van der Waals surface area contributed by atoms with E-state index in [9.17, 15) is 4.79 Å². The molecule has 3 aromatic rings. The van der Waals surface area contributed by atoms with Crippen LogP contribution < -0.4 is 5.32 Å². The first-order chi connectivity index (χ1) is 12.7. The number of para-hydroxylation sites is 2. The summed E-state index contributed by atoms with van der Waals surface area (Å²) < 4.78 is 2.19. The van der Waals surface area contributed by atoms with Crippen LogP contribution >= 0.6 is 0 Å². The van der Waals surface area contributed by atoms with E-state index < -0.39 is 0 Å². The number of hydrogen-bond acceptors (Lipinski definition) is 1. The molecule has 0 radical (unpaired) electrons. The Morgan fingerprint density at radius 1 is 1.08 bits per heavy atom. The van der Waals surface area contributed by atoms with Crippen molar-refractivity contribution in [1.82, 2.24) is 9.47 Å². The van der Waals surface area contributed by atoms with E-state index in [2.05, 4.69) is 54.2 Å². The number of nitrogens with zero attached hydrogens (tertiary/aromatic N) is 2. The quantitative estimate of drug-likeness (QED) is 0.685. The average Bonchev–Trinajstić information content (AvgIpc) is 3.12. The molecule has 132 valence electrons. The van der Waals surface area contributed by atoms with Crippen LogP contribution in [0.2, 0.25) is 0 Å². The second-order valence-electron chi connectivity index (χ2n) is 6.68. The van der Waals surface area contributed by atoms with Crippen molar-refractivity contribution in [3.63, 3.8) is 0 Å². The van der Waals surface area contributed by atoms with Crippen molar-refractivity contribution in [2.75, 3.05) is 5.32 Å². The second kappa shape index (κ2) is 6.71. The van der Waals surface area contributed by atoms with E-state index >= 15 is 0 Å². The van der Waals surface area contributed by atoms with Gasteiger partial charge in [0.25, 0.3) is 0 Å². The summed E-state index contributed by atoms with van der Waals surface area (Å²) in [7, 11) is 0. The molecule has 0 aliphatic carbocycles. The number of amides is 2. The Morgan fingerprint density at radius 3 is 2.69 bits per heavy atom. The fourth-order valence-electron chi connectivity index (χ4n) is 3.70. The molecule has 4 heteroatoms. The summed E-state index contributed by atoms with van der Waals surface area (Å²) in [6.45, 7) is 4.77. The highest BCUT2D eigenvalue weighted by atomic mass is 16.2. The van der Waals surface area contributed by atoms with E-state index in [-0.39, 0.29) is 12.1 Å². The van der Waals surface area contributed by atoms with Gasteiger partial charge >= 0.3 is 6.03 Å². The molecule has 0 bridgehead atoms. The molecule has 2 aromatic carbocycles. The number of carbonyl (C=O) groups excluding carboxylic acids is 1. The molecular weight excluding hydrogens is 322 g/mol. The number of hydrogen-bond donors (Lipinski definition) is 1. The molecule has 26 heavy (non-hydrogen) atoms. The lowest BCUT2D eigenvalue weighted by Crippen LogP contribution is -2.36. The molecular formula is C22H23N3O. The maximum absolute atomic E-state index is 13.1. The maximum Gasteiger partial charge on any atom is 0.322 e. The van der Waals surface area contributed by atoms with E-state index in [1.165, 1.54) is 0 Å². The minimum atomic E-state index is -0.0668. The van der Waals surface area contributed by atoms with Crippen LogP contribution in [-0.4, -0.2) is 15.5 Å². The van der Waals surface area contributed by atoms with Crippen molar-refractivity contribution in [1.29, 1.82) is 0 Å². The van der Waals surface area contributed by atoms with Crippen molar-refractivity contribution in [3.05, 3.63) is 83.7 Å². The van der Waals surface area contributed by atoms with Crippen LogP contribution in [0.25, 0.3) is 5.69 Å². The van der Waals surface area contributed by atoms with Crippen LogP contribution in [0.15, 0.2) is 66.9 Å². The molecule has 2 heterocycles. The van der Waals surface area contributed by atoms with Gasteiger partial charge in [-0.2, -0.15) is 0 Å². The Balaban J connectivity index is 1.70. The molecule has 1 N–H and O–H groups in total. The number of carbonyl (C=O) groups is 1. The third-order valence-corrected chi connectivity index (χ3v) is 5.17. The number of urea groups is 1. The van der Waals surface area contributed by atoms with Crippen molar-refractivity contribution in [2.24, 2.45) is 0 Å². The van der Waals surface area contributed by atoms with Gasteiger partial charge in [-0.25, -0.2) is 4.79 Å². The summed E-state index contributed by atoms with van der Waals surface area (Å²) in [5.41, 5.74) is 5.44. The van der Waals surface area contributed by atoms with E-state index in [4.69, 9.17) is 0 Å². The smallest absolute Gasteiger partial charge is 0.318 e. The number of anilines is 1. The average molecular weight is 345 g/mol. The van der Waals surface area contributed by atoms with Gasteiger partial charge < -0.3 is 14.8 Å². The second-order valence-corrected chi connectivity index (χ2v) is 6.68. The lowest BCUT2D eigenvalue weighted by molar-refractivity contribution is 0.189. The lowest BCUT2D eigenvalue weighted by Gasteiger charge is -2.28. The zero-order chi connectivity index (χ0) is 18.1. The zero-order valence-electron chi connectivity index (χ0n) is 15.1. The van der Waals surface area contributed by atoms with Gasteiger partial charge in [0.1, 0.15) is 0 Å². The van der Waals surface area contributed by atoms with Gasteiger partial charge in [0.05, 0.1) is 18.3 Å². The van der Waals surface area contributed by atoms with Crippen LogP contribution in [0.3, 0.4) is 0 Å². The topological polar surface area (TPSA) is 37.3 Å². The summed E-state index contributed by atoms with van der Waals surface area (Å²) in [6.07, 6.45) is 2.95. The largest absolute Gasteiger partial charge is 0.322 e. The summed E-state index contributed by atoms with van der Waals surface area (Å²) in [6, 6.07) is 20.3. The van der Waals surface area contributed by atoms with E-state index in [1.807, 2.05) is 41.3 Å². The van der Waals surface area contributed by atoms with E-state index in [0.717, 1.165) is 34.6 Å². The van der Waals surface area contributed by atoms with Crippen LogP contribution in [0, 0.1) is 0 Å². The first kappa shape index (κ1) is 16.5. The Kier molecular flexibility index (Phi) is 4.25. The van der Waals surface area contributed by atoms with Gasteiger partial charge in [0, 0.05) is 17.6 Å². The molecule has 4 rings (SSSR count). The molecule has 1 atom stereocenters. The highest BCUT2D eigenvalue weighted by Crippen LogP contribution is 2.32. The molecule has 1 aliphatic rings. The molecule has 2 amide bonds. The van der Waals surface area contributed by atoms with Crippen LogP contribution in [0.4, 0.5) is 10.5 Å². The lowest BCUT2D eigenvalue weighted by atomic mass is 10.1. The minimum Gasteiger partial charge on any atom is -0.318 e. The van der Waals surface area contributed by atoms with Crippen LogP contribution in [0.5, 0.6) is 0 Å². The first-order valence-electron chi connectivity index (χ1n) is 9.10. The van der Waals surface area contributed by atoms with Gasteiger partial charge in [0.2, 0.25) is 0 Å². The third kappa shape index (κ3) is 2.77. The summed E-state index contributed by atoms with van der Waals surface area (Å²) in [5.74, 6) is 0. The number of benzene rings is 2. The molecule has 0 saturated carbocycles. The van der Waals surface area contributed by atoms with E-state index in [0.29, 0.717) is 6.54 Å². The van der Waals surface area contributed by atoms with Crippen LogP contribution in [0.1, 0.15) is 36.7 Å². The third-order valence-electron chi connectivity index (χ3n) is 5.17. The highest BCUT2D eigenvalue weighted by molar-refractivity contribution is 5.90. The molecule has 0 spiro atoms. The fourth-order valence-corrected chi connectivity index (χ4v) is 3.70. The summed E-state index contributed by atoms with van der Waals surface area (Å²) >= 11 is 0. The molecule has 0 saturated heterocycles. The number of rotatable bonds is 2. The highest BCUT2D eigenvalue weighted by Gasteiger charge is 2.28. The standard InChI is InChI=1S/C22H23N3O/c1-3-17-9-4-6-11-19(17)23-22(26)25-15-18-10-5-7-12-21(18)24-14-8-13-20(24)16(25)2/h4-14,16H,3,15H2,1-2H3,(H,23,26)/t16-/m0/s1. The van der Waals surface area contributed by atoms with Gasteiger partial charge in [-0.3, -0.25) is 0 Å². The van der Waals surface area contributed by atoms with Crippen molar-refractivity contribution >= 4 is 11.7 Å². The monoisotopic (exact) mass is 345 g/mol. The van der Waals surface area contributed by atoms with E-state index in [1.54, 1.807) is 0 Å². The predicted octanol–water partition coefficient (Wildman–Crippen LogP) is 5.15. The minimum absolute atomic E-state index is 0.0220. The summed E-state index contributed by atoms with van der Waals surface area (Å²) in [5, 5.41) is 3.12. The van der Waals surface area contributed by atoms with Crippen molar-refractivity contribution < 1.29 is 4.79 Å². The fraction of sp³-hybridized carbons (Fsp3) is 0.227. The van der Waals surface area contributed by atoms with Gasteiger partial charge in [-0.1, -0.05) is 43.3 Å². The summed E-state index contributed by atoms with van der Waals surface area (Å²) in [4.78, 5) is 15.1. The number of fused-ring (bicyclic) bond motifs is 3. The van der Waals surface area contributed by atoms with Crippen molar-refractivity contribution in [3.8, 4) is 5.69 Å². The molecule has 4 nitrogen and oxygen atoms in total. The number of nitrogens with one attached hydrogen (secondary N) is 1. The number of aromatic nitrogens is 1. The normalized spacial score (nSPS) is 15.8. The Labute approximate surface area is 154 Å². The SMILES string of the molecule is CCc1ccccc1NC(=O)N1Cc2ccccc2-n2cccc2[C@@H]1C. The van der Waals surface area contributed by atoms with Gasteiger partial charge in [-0.05, 0) is 48.7 Å². The zero-order valence-corrected chi connectivity index (χ0v) is 15.1. The Morgan fingerprint density at radius 2 is 1.85 bits per heavy atom. The first-order valence-corrected chi connectivity index (χ1v) is 9.10. The van der Waals surface area contributed by atoms with Gasteiger partial charge in [-0.15, -0.1) is 0 Å². The molecule has 0 fully saturated rings. The van der Waals surface area contributed by atoms with Crippen LogP contribution in [-0.2, 0) is 13.0 Å². The molecule has 0 unspecified atom stereocenters.